The van der Waals surface area contributed by atoms with Gasteiger partial charge in [-0.05, 0) is 58.3 Å². The van der Waals surface area contributed by atoms with Crippen molar-refractivity contribution in [1.82, 2.24) is 14.7 Å². The molecule has 0 aromatic rings. The number of carbonyl (C=O) groups excluding carboxylic acids is 1. The molecule has 2 aliphatic rings. The summed E-state index contributed by atoms with van der Waals surface area (Å²) < 4.78 is 0. The Bertz CT molecular complexity index is 292. The minimum atomic E-state index is 0.333. The number of amides is 1. The number of hydrogen-bond acceptors (Lipinski definition) is 4. The summed E-state index contributed by atoms with van der Waals surface area (Å²) in [5, 5.41) is 0. The van der Waals surface area contributed by atoms with E-state index >= 15 is 0 Å². The van der Waals surface area contributed by atoms with Crippen LogP contribution in [0.3, 0.4) is 0 Å². The van der Waals surface area contributed by atoms with Gasteiger partial charge < -0.3 is 15.5 Å². The Labute approximate surface area is 123 Å². The third kappa shape index (κ3) is 5.04. The van der Waals surface area contributed by atoms with Gasteiger partial charge in [-0.15, -0.1) is 0 Å². The molecule has 0 bridgehead atoms. The molecule has 20 heavy (non-hydrogen) atoms. The summed E-state index contributed by atoms with van der Waals surface area (Å²) in [5.41, 5.74) is 5.57. The molecule has 2 N–H and O–H groups in total. The Balaban J connectivity index is 1.71. The zero-order valence-corrected chi connectivity index (χ0v) is 12.7. The van der Waals surface area contributed by atoms with Crippen molar-refractivity contribution >= 4 is 5.91 Å². The first-order valence-electron chi connectivity index (χ1n) is 8.22. The highest BCUT2D eigenvalue weighted by Gasteiger charge is 2.21. The molecule has 116 valence electrons. The van der Waals surface area contributed by atoms with E-state index in [1.54, 1.807) is 0 Å². The summed E-state index contributed by atoms with van der Waals surface area (Å²) in [7, 11) is 0. The molecule has 0 aromatic heterocycles. The molecule has 2 saturated heterocycles. The molecule has 0 atom stereocenters. The van der Waals surface area contributed by atoms with Gasteiger partial charge in [0, 0.05) is 26.2 Å². The quantitative estimate of drug-likeness (QED) is 0.791. The summed E-state index contributed by atoms with van der Waals surface area (Å²) >= 11 is 0. The Hall–Kier alpha value is -0.650. The molecule has 0 radical (unpaired) electrons. The maximum Gasteiger partial charge on any atom is 0.236 e. The Morgan fingerprint density at radius 1 is 0.850 bits per heavy atom. The highest BCUT2D eigenvalue weighted by Crippen LogP contribution is 2.10. The highest BCUT2D eigenvalue weighted by atomic mass is 16.2. The summed E-state index contributed by atoms with van der Waals surface area (Å²) in [6.45, 7) is 8.72. The molecule has 0 aromatic carbocycles. The van der Waals surface area contributed by atoms with Gasteiger partial charge in [0.05, 0.1) is 6.54 Å². The molecule has 5 heteroatoms. The number of carbonyl (C=O) groups is 1. The van der Waals surface area contributed by atoms with Gasteiger partial charge in [0.15, 0.2) is 0 Å². The van der Waals surface area contributed by atoms with Crippen LogP contribution < -0.4 is 5.73 Å². The predicted molar refractivity (Wildman–Crippen MR) is 81.6 cm³/mol. The average Bonchev–Trinajstić information content (AvgIpc) is 2.71. The van der Waals surface area contributed by atoms with E-state index in [1.807, 2.05) is 0 Å². The first kappa shape index (κ1) is 15.7. The molecule has 2 aliphatic heterocycles. The lowest BCUT2D eigenvalue weighted by Gasteiger charge is -2.29. The van der Waals surface area contributed by atoms with E-state index in [9.17, 15) is 4.79 Å². The minimum Gasteiger partial charge on any atom is -0.342 e. The molecule has 2 heterocycles. The van der Waals surface area contributed by atoms with Gasteiger partial charge in [-0.1, -0.05) is 0 Å². The van der Waals surface area contributed by atoms with E-state index in [1.165, 1.54) is 19.3 Å². The average molecular weight is 282 g/mol. The Morgan fingerprint density at radius 2 is 1.55 bits per heavy atom. The van der Waals surface area contributed by atoms with E-state index in [0.717, 1.165) is 65.2 Å². The van der Waals surface area contributed by atoms with Crippen molar-refractivity contribution < 1.29 is 4.79 Å². The van der Waals surface area contributed by atoms with Crippen LogP contribution in [0, 0.1) is 0 Å². The van der Waals surface area contributed by atoms with Crippen LogP contribution in [0.25, 0.3) is 0 Å². The van der Waals surface area contributed by atoms with Gasteiger partial charge in [0.1, 0.15) is 0 Å². The van der Waals surface area contributed by atoms with Crippen LogP contribution in [0.1, 0.15) is 32.1 Å². The van der Waals surface area contributed by atoms with E-state index in [4.69, 9.17) is 5.73 Å². The summed E-state index contributed by atoms with van der Waals surface area (Å²) in [6, 6.07) is 0. The topological polar surface area (TPSA) is 52.8 Å². The molecule has 2 fully saturated rings. The summed E-state index contributed by atoms with van der Waals surface area (Å²) in [6.07, 6.45) is 5.88. The van der Waals surface area contributed by atoms with E-state index < -0.39 is 0 Å². The van der Waals surface area contributed by atoms with Crippen molar-refractivity contribution in [3.8, 4) is 0 Å². The largest absolute Gasteiger partial charge is 0.342 e. The molecular weight excluding hydrogens is 252 g/mol. The van der Waals surface area contributed by atoms with Gasteiger partial charge in [0.25, 0.3) is 0 Å². The standard InChI is InChI=1S/C15H30N4O/c16-6-4-7-17-8-5-9-18(13-12-17)14-15(20)19-10-2-1-3-11-19/h1-14,16H2. The fourth-order valence-corrected chi connectivity index (χ4v) is 3.16. The van der Waals surface area contributed by atoms with Gasteiger partial charge in [-0.25, -0.2) is 0 Å². The van der Waals surface area contributed by atoms with Crippen LogP contribution in [-0.2, 0) is 4.79 Å². The number of piperidine rings is 1. The predicted octanol–water partition coefficient (Wildman–Crippen LogP) is 0.355. The van der Waals surface area contributed by atoms with E-state index in [-0.39, 0.29) is 0 Å². The molecule has 2 rings (SSSR count). The maximum atomic E-state index is 12.3. The Morgan fingerprint density at radius 3 is 2.30 bits per heavy atom. The number of hydrogen-bond donors (Lipinski definition) is 1. The number of likely N-dealkylation sites (tertiary alicyclic amines) is 1. The minimum absolute atomic E-state index is 0.333. The van der Waals surface area contributed by atoms with Crippen LogP contribution in [0.2, 0.25) is 0 Å². The zero-order valence-electron chi connectivity index (χ0n) is 12.7. The third-order valence-corrected chi connectivity index (χ3v) is 4.43. The van der Waals surface area contributed by atoms with Crippen molar-refractivity contribution in [1.29, 1.82) is 0 Å². The second kappa shape index (κ2) is 8.60. The molecule has 5 nitrogen and oxygen atoms in total. The van der Waals surface area contributed by atoms with Crippen molar-refractivity contribution in [2.75, 3.05) is 58.9 Å². The van der Waals surface area contributed by atoms with Gasteiger partial charge in [0.2, 0.25) is 5.91 Å². The fraction of sp³-hybridized carbons (Fsp3) is 0.933. The Kier molecular flexibility index (Phi) is 6.76. The lowest BCUT2D eigenvalue weighted by Crippen LogP contribution is -2.43. The van der Waals surface area contributed by atoms with Crippen molar-refractivity contribution in [3.05, 3.63) is 0 Å². The van der Waals surface area contributed by atoms with Crippen molar-refractivity contribution in [3.63, 3.8) is 0 Å². The van der Waals surface area contributed by atoms with Crippen LogP contribution in [0.4, 0.5) is 0 Å². The zero-order chi connectivity index (χ0) is 14.2. The van der Waals surface area contributed by atoms with Crippen LogP contribution in [-0.4, -0.2) is 79.5 Å². The van der Waals surface area contributed by atoms with Crippen LogP contribution in [0.15, 0.2) is 0 Å². The molecule has 0 aliphatic carbocycles. The summed E-state index contributed by atoms with van der Waals surface area (Å²) in [4.78, 5) is 19.2. The molecule has 0 spiro atoms. The number of rotatable bonds is 5. The SMILES string of the molecule is NCCCN1CCCN(CC(=O)N2CCCCC2)CC1. The molecule has 0 saturated carbocycles. The number of nitrogens with zero attached hydrogens (tertiary/aromatic N) is 3. The molecule has 1 amide bonds. The van der Waals surface area contributed by atoms with E-state index in [2.05, 4.69) is 14.7 Å². The number of nitrogens with two attached hydrogens (primary N) is 1. The van der Waals surface area contributed by atoms with Gasteiger partial charge in [-0.2, -0.15) is 0 Å². The van der Waals surface area contributed by atoms with Crippen molar-refractivity contribution in [2.24, 2.45) is 5.73 Å². The lowest BCUT2D eigenvalue weighted by atomic mass is 10.1. The summed E-state index contributed by atoms with van der Waals surface area (Å²) in [5.74, 6) is 0.333. The fourth-order valence-electron chi connectivity index (χ4n) is 3.16. The first-order valence-corrected chi connectivity index (χ1v) is 8.22. The third-order valence-electron chi connectivity index (χ3n) is 4.43. The van der Waals surface area contributed by atoms with Crippen LogP contribution >= 0.6 is 0 Å². The van der Waals surface area contributed by atoms with Crippen molar-refractivity contribution in [2.45, 2.75) is 32.1 Å². The van der Waals surface area contributed by atoms with Gasteiger partial charge >= 0.3 is 0 Å². The highest BCUT2D eigenvalue weighted by molar-refractivity contribution is 5.78. The smallest absolute Gasteiger partial charge is 0.236 e. The maximum absolute atomic E-state index is 12.3. The monoisotopic (exact) mass is 282 g/mol. The molecular formula is C15H30N4O. The lowest BCUT2D eigenvalue weighted by molar-refractivity contribution is -0.133. The second-order valence-electron chi connectivity index (χ2n) is 6.06. The normalized spacial score (nSPS) is 22.8. The van der Waals surface area contributed by atoms with Gasteiger partial charge in [-0.3, -0.25) is 9.69 Å². The second-order valence-corrected chi connectivity index (χ2v) is 6.06. The van der Waals surface area contributed by atoms with E-state index in [0.29, 0.717) is 12.5 Å². The molecule has 0 unspecified atom stereocenters. The first-order chi connectivity index (χ1) is 9.79. The van der Waals surface area contributed by atoms with Crippen LogP contribution in [0.5, 0.6) is 0 Å².